The lowest BCUT2D eigenvalue weighted by molar-refractivity contribution is -0.123. The van der Waals surface area contributed by atoms with Gasteiger partial charge < -0.3 is 10.1 Å². The molecule has 0 spiro atoms. The number of amides is 1. The number of anilines is 1. The number of carbonyl (C=O) groups excluding carboxylic acids is 1. The first-order chi connectivity index (χ1) is 14.0. The van der Waals surface area contributed by atoms with Crippen molar-refractivity contribution in [2.75, 3.05) is 25.0 Å². The van der Waals surface area contributed by atoms with Gasteiger partial charge in [0.2, 0.25) is 0 Å². The number of fused-ring (bicyclic) bond motifs is 1. The van der Waals surface area contributed by atoms with Crippen molar-refractivity contribution < 1.29 is 9.53 Å². The summed E-state index contributed by atoms with van der Waals surface area (Å²) in [7, 11) is 0. The smallest absolute Gasteiger partial charge is 0.267 e. The number of nitrogens with one attached hydrogen (secondary N) is 1. The quantitative estimate of drug-likeness (QED) is 0.577. The van der Waals surface area contributed by atoms with Crippen molar-refractivity contribution >= 4 is 51.7 Å². The van der Waals surface area contributed by atoms with Crippen LogP contribution < -0.4 is 10.9 Å². The van der Waals surface area contributed by atoms with Gasteiger partial charge in [0.25, 0.3) is 11.5 Å². The number of thioether (sulfide) groups is 1. The van der Waals surface area contributed by atoms with E-state index in [2.05, 4.69) is 10.3 Å². The molecular weight excluding hydrogens is 408 g/mol. The summed E-state index contributed by atoms with van der Waals surface area (Å²) in [6.07, 6.45) is 5.24. The molecule has 1 N–H and O–H groups in total. The number of ether oxygens (including phenoxy) is 1. The van der Waals surface area contributed by atoms with E-state index in [-0.39, 0.29) is 17.6 Å². The van der Waals surface area contributed by atoms with E-state index in [0.717, 1.165) is 25.0 Å². The van der Waals surface area contributed by atoms with E-state index in [4.69, 9.17) is 17.0 Å². The fourth-order valence-electron chi connectivity index (χ4n) is 3.52. The van der Waals surface area contributed by atoms with E-state index < -0.39 is 0 Å². The predicted molar refractivity (Wildman–Crippen MR) is 119 cm³/mol. The molecule has 2 fully saturated rings. The Bertz CT molecular complexity index is 1070. The Morgan fingerprint density at radius 3 is 3.00 bits per heavy atom. The van der Waals surface area contributed by atoms with Crippen molar-refractivity contribution in [1.29, 1.82) is 0 Å². The van der Waals surface area contributed by atoms with E-state index >= 15 is 0 Å². The molecule has 0 bridgehead atoms. The van der Waals surface area contributed by atoms with Gasteiger partial charge in [0, 0.05) is 19.3 Å². The first kappa shape index (κ1) is 20.1. The Morgan fingerprint density at radius 1 is 1.45 bits per heavy atom. The van der Waals surface area contributed by atoms with E-state index in [1.54, 1.807) is 17.2 Å². The largest absolute Gasteiger partial charge is 0.376 e. The third-order valence-corrected chi connectivity index (χ3v) is 6.37. The highest BCUT2D eigenvalue weighted by Gasteiger charge is 2.35. The zero-order valence-corrected chi connectivity index (χ0v) is 17.9. The second kappa shape index (κ2) is 8.25. The average Bonchev–Trinajstić information content (AvgIpc) is 3.30. The van der Waals surface area contributed by atoms with E-state index in [1.165, 1.54) is 16.2 Å². The molecule has 7 nitrogen and oxygen atoms in total. The maximum atomic E-state index is 13.2. The van der Waals surface area contributed by atoms with Gasteiger partial charge in [0.15, 0.2) is 0 Å². The van der Waals surface area contributed by atoms with E-state index in [9.17, 15) is 9.59 Å². The molecule has 152 valence electrons. The summed E-state index contributed by atoms with van der Waals surface area (Å²) in [6, 6.07) is 3.72. The molecule has 0 aliphatic carbocycles. The van der Waals surface area contributed by atoms with Crippen LogP contribution in [0, 0.1) is 6.92 Å². The second-order valence-electron chi connectivity index (χ2n) is 7.02. The van der Waals surface area contributed by atoms with Crippen molar-refractivity contribution in [2.24, 2.45) is 0 Å². The van der Waals surface area contributed by atoms with E-state index in [0.29, 0.717) is 39.3 Å². The second-order valence-corrected chi connectivity index (χ2v) is 8.70. The fourth-order valence-corrected chi connectivity index (χ4v) is 4.78. The van der Waals surface area contributed by atoms with Gasteiger partial charge in [-0.1, -0.05) is 30.0 Å². The Hall–Kier alpha value is -2.23. The van der Waals surface area contributed by atoms with Crippen LogP contribution in [-0.4, -0.2) is 50.3 Å². The maximum Gasteiger partial charge on any atom is 0.267 e. The summed E-state index contributed by atoms with van der Waals surface area (Å²) in [5.74, 6) is 0.280. The highest BCUT2D eigenvalue weighted by molar-refractivity contribution is 8.26. The Kier molecular flexibility index (Phi) is 5.71. The Balaban J connectivity index is 1.74. The van der Waals surface area contributed by atoms with Crippen LogP contribution in [0.15, 0.2) is 28.0 Å². The summed E-state index contributed by atoms with van der Waals surface area (Å²) >= 11 is 6.63. The average molecular weight is 431 g/mol. The number of hydrogen-bond acceptors (Lipinski definition) is 7. The molecule has 0 radical (unpaired) electrons. The van der Waals surface area contributed by atoms with Gasteiger partial charge >= 0.3 is 0 Å². The van der Waals surface area contributed by atoms with Crippen LogP contribution in [0.3, 0.4) is 0 Å². The number of thiocarbonyl (C=S) groups is 1. The Labute approximate surface area is 178 Å². The first-order valence-electron chi connectivity index (χ1n) is 9.62. The van der Waals surface area contributed by atoms with Crippen LogP contribution in [0.2, 0.25) is 0 Å². The van der Waals surface area contributed by atoms with Gasteiger partial charge in [-0.15, -0.1) is 0 Å². The lowest BCUT2D eigenvalue weighted by Gasteiger charge is -2.18. The molecule has 2 aromatic heterocycles. The molecule has 2 saturated heterocycles. The molecule has 1 atom stereocenters. The first-order valence-corrected chi connectivity index (χ1v) is 10.8. The molecule has 2 aromatic rings. The molecule has 1 amide bonds. The number of nitrogens with zero attached hydrogens (tertiary/aromatic N) is 3. The zero-order valence-electron chi connectivity index (χ0n) is 16.3. The standard InChI is InChI=1S/C20H22N4O3S2/c1-3-21-16-14(18(25)23-8-4-6-12(2)17(23)22-16)10-15-19(26)24(20(28)29-15)11-13-7-5-9-27-13/h4,6,8,10,13,21H,3,5,7,9,11H2,1-2H3/b15-10+. The number of aromatic nitrogens is 2. The van der Waals surface area contributed by atoms with Gasteiger partial charge in [0.1, 0.15) is 15.8 Å². The van der Waals surface area contributed by atoms with Crippen LogP contribution in [-0.2, 0) is 9.53 Å². The highest BCUT2D eigenvalue weighted by Crippen LogP contribution is 2.34. The van der Waals surface area contributed by atoms with Crippen molar-refractivity contribution in [2.45, 2.75) is 32.8 Å². The zero-order chi connectivity index (χ0) is 20.5. The van der Waals surface area contributed by atoms with Gasteiger partial charge in [-0.2, -0.15) is 0 Å². The normalized spacial score (nSPS) is 21.0. The minimum absolute atomic E-state index is 0.0186. The number of pyridine rings is 1. The number of carbonyl (C=O) groups is 1. The number of hydrogen-bond donors (Lipinski definition) is 1. The summed E-state index contributed by atoms with van der Waals surface area (Å²) < 4.78 is 7.64. The summed E-state index contributed by atoms with van der Waals surface area (Å²) in [5.41, 5.74) is 1.63. The van der Waals surface area contributed by atoms with Crippen LogP contribution in [0.4, 0.5) is 5.82 Å². The van der Waals surface area contributed by atoms with Crippen LogP contribution in [0.1, 0.15) is 30.9 Å². The molecule has 4 rings (SSSR count). The van der Waals surface area contributed by atoms with Crippen molar-refractivity contribution in [1.82, 2.24) is 14.3 Å². The molecule has 0 saturated carbocycles. The lowest BCUT2D eigenvalue weighted by Crippen LogP contribution is -2.35. The van der Waals surface area contributed by atoms with Gasteiger partial charge in [-0.05, 0) is 44.4 Å². The number of rotatable bonds is 5. The van der Waals surface area contributed by atoms with Crippen molar-refractivity contribution in [3.8, 4) is 0 Å². The molecule has 0 aromatic carbocycles. The minimum Gasteiger partial charge on any atom is -0.376 e. The molecule has 4 heterocycles. The summed E-state index contributed by atoms with van der Waals surface area (Å²) in [5, 5.41) is 3.15. The molecule has 1 unspecified atom stereocenters. The molecular formula is C20H22N4O3S2. The molecule has 29 heavy (non-hydrogen) atoms. The van der Waals surface area contributed by atoms with Crippen LogP contribution in [0.5, 0.6) is 0 Å². The highest BCUT2D eigenvalue weighted by atomic mass is 32.2. The van der Waals surface area contributed by atoms with E-state index in [1.807, 2.05) is 26.0 Å². The predicted octanol–water partition coefficient (Wildman–Crippen LogP) is 2.81. The maximum absolute atomic E-state index is 13.2. The van der Waals surface area contributed by atoms with Crippen LogP contribution in [0.25, 0.3) is 11.7 Å². The lowest BCUT2D eigenvalue weighted by atomic mass is 10.2. The SMILES string of the molecule is CCNc1nc2c(C)cccn2c(=O)c1/C=C1/SC(=S)N(CC2CCCO2)C1=O. The van der Waals surface area contributed by atoms with Gasteiger partial charge in [-0.25, -0.2) is 4.98 Å². The summed E-state index contributed by atoms with van der Waals surface area (Å²) in [6.45, 7) is 5.63. The van der Waals surface area contributed by atoms with Crippen molar-refractivity contribution in [3.05, 3.63) is 44.7 Å². The Morgan fingerprint density at radius 2 is 2.28 bits per heavy atom. The topological polar surface area (TPSA) is 75.9 Å². The number of aryl methyl sites for hydroxylation is 1. The summed E-state index contributed by atoms with van der Waals surface area (Å²) in [4.78, 5) is 32.8. The fraction of sp³-hybridized carbons (Fsp3) is 0.400. The third-order valence-electron chi connectivity index (χ3n) is 4.99. The molecule has 2 aliphatic rings. The van der Waals surface area contributed by atoms with Gasteiger partial charge in [-0.3, -0.25) is 18.9 Å². The molecule has 9 heteroatoms. The van der Waals surface area contributed by atoms with Crippen molar-refractivity contribution in [3.63, 3.8) is 0 Å². The van der Waals surface area contributed by atoms with Crippen LogP contribution >= 0.6 is 24.0 Å². The third kappa shape index (κ3) is 3.82. The monoisotopic (exact) mass is 430 g/mol. The molecule has 2 aliphatic heterocycles. The minimum atomic E-state index is -0.223. The van der Waals surface area contributed by atoms with Gasteiger partial charge in [0.05, 0.1) is 23.1 Å².